The predicted molar refractivity (Wildman–Crippen MR) is 98.5 cm³/mol. The Bertz CT molecular complexity index is 864. The molecule has 1 amide bonds. The Morgan fingerprint density at radius 1 is 1.36 bits per heavy atom. The molecule has 2 aromatic rings. The van der Waals surface area contributed by atoms with Crippen LogP contribution in [-0.2, 0) is 7.05 Å². The zero-order valence-corrected chi connectivity index (χ0v) is 15.4. The van der Waals surface area contributed by atoms with Crippen molar-refractivity contribution in [1.82, 2.24) is 20.1 Å². The third kappa shape index (κ3) is 2.75. The Kier molecular flexibility index (Phi) is 3.89. The first kappa shape index (κ1) is 16.3. The molecular formula is C20H26N4O. The summed E-state index contributed by atoms with van der Waals surface area (Å²) in [6.45, 7) is 6.89. The van der Waals surface area contributed by atoms with Gasteiger partial charge in [-0.15, -0.1) is 0 Å². The first-order chi connectivity index (χ1) is 11.9. The van der Waals surface area contributed by atoms with Crippen LogP contribution >= 0.6 is 0 Å². The molecule has 2 heterocycles. The van der Waals surface area contributed by atoms with E-state index >= 15 is 0 Å². The minimum Gasteiger partial charge on any atom is -0.352 e. The van der Waals surface area contributed by atoms with Gasteiger partial charge in [0.1, 0.15) is 0 Å². The van der Waals surface area contributed by atoms with Crippen molar-refractivity contribution in [3.05, 3.63) is 35.2 Å². The fraction of sp³-hybridized carbons (Fsp3) is 0.550. The van der Waals surface area contributed by atoms with Crippen molar-refractivity contribution in [3.8, 4) is 0 Å². The number of hydrogen-bond acceptors (Lipinski definition) is 3. The number of carbonyl (C=O) groups excluding carboxylic acids is 1. The minimum absolute atomic E-state index is 0.00264. The maximum Gasteiger partial charge on any atom is 0.252 e. The van der Waals surface area contributed by atoms with Crippen LogP contribution in [0.25, 0.3) is 11.0 Å². The molecule has 1 N–H and O–H groups in total. The lowest BCUT2D eigenvalue weighted by molar-refractivity contribution is 0.0946. The van der Waals surface area contributed by atoms with Crippen molar-refractivity contribution in [2.24, 2.45) is 24.8 Å². The monoisotopic (exact) mass is 338 g/mol. The highest BCUT2D eigenvalue weighted by atomic mass is 16.1. The SMILES string of the molecule is Cc1nn(C)c2nc(C(C)C)cc(C(=O)NC[C@@H]3C[C@H]4C=C[C@@H]3C4)c12. The number of nitrogens with one attached hydrogen (secondary N) is 1. The van der Waals surface area contributed by atoms with Crippen LogP contribution in [0.1, 0.15) is 54.4 Å². The molecule has 2 aromatic heterocycles. The van der Waals surface area contributed by atoms with E-state index in [2.05, 4.69) is 36.4 Å². The molecule has 5 heteroatoms. The zero-order valence-electron chi connectivity index (χ0n) is 15.4. The molecule has 0 aliphatic heterocycles. The quantitative estimate of drug-likeness (QED) is 0.870. The summed E-state index contributed by atoms with van der Waals surface area (Å²) in [4.78, 5) is 17.7. The molecule has 0 saturated heterocycles. The van der Waals surface area contributed by atoms with Gasteiger partial charge in [0.15, 0.2) is 5.65 Å². The van der Waals surface area contributed by atoms with Gasteiger partial charge in [0.25, 0.3) is 5.91 Å². The van der Waals surface area contributed by atoms with Gasteiger partial charge in [-0.2, -0.15) is 5.10 Å². The molecule has 0 aromatic carbocycles. The maximum absolute atomic E-state index is 13.0. The van der Waals surface area contributed by atoms with Gasteiger partial charge in [-0.1, -0.05) is 26.0 Å². The average molecular weight is 338 g/mol. The van der Waals surface area contributed by atoms with Crippen LogP contribution in [-0.4, -0.2) is 27.2 Å². The number of fused-ring (bicyclic) bond motifs is 3. The van der Waals surface area contributed by atoms with Crippen molar-refractivity contribution in [2.75, 3.05) is 6.54 Å². The summed E-state index contributed by atoms with van der Waals surface area (Å²) in [5.74, 6) is 2.22. The predicted octanol–water partition coefficient (Wildman–Crippen LogP) is 3.34. The Morgan fingerprint density at radius 3 is 2.80 bits per heavy atom. The summed E-state index contributed by atoms with van der Waals surface area (Å²) < 4.78 is 1.77. The second kappa shape index (κ2) is 5.97. The fourth-order valence-corrected chi connectivity index (χ4v) is 4.39. The smallest absolute Gasteiger partial charge is 0.252 e. The van der Waals surface area contributed by atoms with E-state index < -0.39 is 0 Å². The van der Waals surface area contributed by atoms with Crippen LogP contribution in [0.3, 0.4) is 0 Å². The number of rotatable bonds is 4. The largest absolute Gasteiger partial charge is 0.352 e. The van der Waals surface area contributed by atoms with Crippen molar-refractivity contribution in [3.63, 3.8) is 0 Å². The van der Waals surface area contributed by atoms with E-state index in [4.69, 9.17) is 4.98 Å². The van der Waals surface area contributed by atoms with Crippen molar-refractivity contribution >= 4 is 16.9 Å². The second-order valence-corrected chi connectivity index (χ2v) is 7.91. The van der Waals surface area contributed by atoms with Crippen LogP contribution in [0.2, 0.25) is 0 Å². The van der Waals surface area contributed by atoms with Gasteiger partial charge in [0.2, 0.25) is 0 Å². The number of pyridine rings is 1. The summed E-state index contributed by atoms with van der Waals surface area (Å²) in [5, 5.41) is 8.52. The van der Waals surface area contributed by atoms with E-state index in [1.54, 1.807) is 4.68 Å². The molecule has 132 valence electrons. The highest BCUT2D eigenvalue weighted by Gasteiger charge is 2.35. The van der Waals surface area contributed by atoms with Crippen LogP contribution in [0.5, 0.6) is 0 Å². The third-order valence-electron chi connectivity index (χ3n) is 5.77. The molecule has 3 atom stereocenters. The van der Waals surface area contributed by atoms with E-state index in [1.807, 2.05) is 20.0 Å². The number of nitrogens with zero attached hydrogens (tertiary/aromatic N) is 3. The number of carbonyl (C=O) groups is 1. The van der Waals surface area contributed by atoms with Crippen molar-refractivity contribution < 1.29 is 4.79 Å². The summed E-state index contributed by atoms with van der Waals surface area (Å²) >= 11 is 0. The van der Waals surface area contributed by atoms with Crippen LogP contribution in [0.15, 0.2) is 18.2 Å². The van der Waals surface area contributed by atoms with Crippen LogP contribution in [0.4, 0.5) is 0 Å². The number of allylic oxidation sites excluding steroid dienone is 2. The Hall–Kier alpha value is -2.17. The average Bonchev–Trinajstić information content (AvgIpc) is 3.27. The van der Waals surface area contributed by atoms with E-state index in [0.29, 0.717) is 17.4 Å². The van der Waals surface area contributed by atoms with Gasteiger partial charge < -0.3 is 5.32 Å². The second-order valence-electron chi connectivity index (χ2n) is 7.91. The first-order valence-electron chi connectivity index (χ1n) is 9.24. The fourth-order valence-electron chi connectivity index (χ4n) is 4.39. The van der Waals surface area contributed by atoms with Gasteiger partial charge >= 0.3 is 0 Å². The van der Waals surface area contributed by atoms with Gasteiger partial charge in [-0.25, -0.2) is 4.98 Å². The first-order valence-corrected chi connectivity index (χ1v) is 9.24. The van der Waals surface area contributed by atoms with Gasteiger partial charge in [0.05, 0.1) is 16.6 Å². The van der Waals surface area contributed by atoms with Crippen LogP contribution < -0.4 is 5.32 Å². The molecule has 0 spiro atoms. The maximum atomic E-state index is 13.0. The van der Waals surface area contributed by atoms with Gasteiger partial charge in [0, 0.05) is 19.3 Å². The Morgan fingerprint density at radius 2 is 2.16 bits per heavy atom. The molecule has 5 nitrogen and oxygen atoms in total. The lowest BCUT2D eigenvalue weighted by Crippen LogP contribution is -2.31. The Labute approximate surface area is 148 Å². The molecule has 0 radical (unpaired) electrons. The van der Waals surface area contributed by atoms with Gasteiger partial charge in [-0.3, -0.25) is 9.48 Å². The molecular weight excluding hydrogens is 312 g/mol. The summed E-state index contributed by atoms with van der Waals surface area (Å²) in [6.07, 6.45) is 7.14. The number of aromatic nitrogens is 3. The summed E-state index contributed by atoms with van der Waals surface area (Å²) in [6, 6.07) is 1.94. The Balaban J connectivity index is 1.62. The molecule has 2 aliphatic carbocycles. The molecule has 0 unspecified atom stereocenters. The van der Waals surface area contributed by atoms with E-state index in [0.717, 1.165) is 34.9 Å². The van der Waals surface area contributed by atoms with Crippen LogP contribution in [0, 0.1) is 24.7 Å². The van der Waals surface area contributed by atoms with E-state index in [9.17, 15) is 4.79 Å². The van der Waals surface area contributed by atoms with Crippen molar-refractivity contribution in [2.45, 2.75) is 39.5 Å². The highest BCUT2D eigenvalue weighted by Crippen LogP contribution is 2.43. The normalized spacial score (nSPS) is 24.6. The number of hydrogen-bond donors (Lipinski definition) is 1. The molecule has 25 heavy (non-hydrogen) atoms. The number of aryl methyl sites for hydroxylation is 2. The zero-order chi connectivity index (χ0) is 17.7. The summed E-state index contributed by atoms with van der Waals surface area (Å²) in [5.41, 5.74) is 3.28. The molecule has 1 fully saturated rings. The highest BCUT2D eigenvalue weighted by molar-refractivity contribution is 6.06. The lowest BCUT2D eigenvalue weighted by Gasteiger charge is -2.19. The van der Waals surface area contributed by atoms with E-state index in [1.165, 1.54) is 12.8 Å². The molecule has 2 aliphatic rings. The van der Waals surface area contributed by atoms with E-state index in [-0.39, 0.29) is 11.8 Å². The molecule has 1 saturated carbocycles. The molecule has 4 rings (SSSR count). The van der Waals surface area contributed by atoms with Crippen molar-refractivity contribution in [1.29, 1.82) is 0 Å². The number of amides is 1. The topological polar surface area (TPSA) is 59.8 Å². The van der Waals surface area contributed by atoms with Gasteiger partial charge in [-0.05, 0) is 49.5 Å². The molecule has 2 bridgehead atoms. The standard InChI is InChI=1S/C20H26N4O/c1-11(2)17-9-16(18-12(3)23-24(4)19(18)22-17)20(25)21-10-15-8-13-5-6-14(15)7-13/h5-6,9,11,13-15H,7-8,10H2,1-4H3,(H,21,25)/t13-,14+,15-/m0/s1. The third-order valence-corrected chi connectivity index (χ3v) is 5.77. The lowest BCUT2D eigenvalue weighted by atomic mass is 9.93. The summed E-state index contributed by atoms with van der Waals surface area (Å²) in [7, 11) is 1.88. The minimum atomic E-state index is -0.00264.